The Morgan fingerprint density at radius 2 is 1.25 bits per heavy atom. The van der Waals surface area contributed by atoms with Crippen molar-refractivity contribution in [3.63, 3.8) is 0 Å². The standard InChI is InChI=1S/C12H20B2N4O2S2.2Y/c15-9(11(19)17-5-1-2-6-17)13-21-22-14-10(16)12(20)18-7-3-4-8-18;;/h5,7,9-10H,1-4,6,8,15-16H2;;/q-2;;/t9-,10?;;/m1../s1. The van der Waals surface area contributed by atoms with Crippen molar-refractivity contribution in [2.75, 3.05) is 13.1 Å². The fourth-order valence-electron chi connectivity index (χ4n) is 2.28. The number of nitrogens with two attached hydrogens (primary N) is 2. The van der Waals surface area contributed by atoms with Crippen LogP contribution in [0.5, 0.6) is 0 Å². The molecule has 0 aromatic rings. The topological polar surface area (TPSA) is 92.7 Å². The summed E-state index contributed by atoms with van der Waals surface area (Å²) in [5.74, 6) is -1.45. The molecule has 4 radical (unpaired) electrons. The van der Waals surface area contributed by atoms with Crippen molar-refractivity contribution < 1.29 is 75.0 Å². The Kier molecular flexibility index (Phi) is 15.1. The summed E-state index contributed by atoms with van der Waals surface area (Å²) in [7, 11) is 2.65. The van der Waals surface area contributed by atoms with Crippen LogP contribution in [0.1, 0.15) is 25.7 Å². The first kappa shape index (κ1) is 25.9. The fraction of sp³-hybridized carbons (Fsp3) is 0.667. The van der Waals surface area contributed by atoms with Crippen molar-refractivity contribution in [2.45, 2.75) is 37.6 Å². The Morgan fingerprint density at radius 3 is 1.54 bits per heavy atom. The molecule has 12 heteroatoms. The van der Waals surface area contributed by atoms with Crippen molar-refractivity contribution in [1.29, 1.82) is 0 Å². The van der Waals surface area contributed by atoms with Crippen LogP contribution < -0.4 is 11.5 Å². The maximum atomic E-state index is 12.0. The number of carbonyl (C=O) groups is 2. The smallest absolute Gasteiger partial charge is 0.237 e. The fourth-order valence-corrected chi connectivity index (χ4v) is 3.99. The average molecular weight is 516 g/mol. The van der Waals surface area contributed by atoms with Gasteiger partial charge in [0.15, 0.2) is 0 Å². The summed E-state index contributed by atoms with van der Waals surface area (Å²) in [5.41, 5.74) is 11.7. The van der Waals surface area contributed by atoms with Crippen LogP contribution in [0.3, 0.4) is 0 Å². The minimum atomic E-state index is -0.640. The molecule has 24 heavy (non-hydrogen) atoms. The molecule has 6 nitrogen and oxygen atoms in total. The maximum absolute atomic E-state index is 12.0. The molecule has 0 aliphatic carbocycles. The molecule has 2 amide bonds. The second-order valence-corrected chi connectivity index (χ2v) is 7.31. The van der Waals surface area contributed by atoms with Gasteiger partial charge in [0.1, 0.15) is 0 Å². The zero-order chi connectivity index (χ0) is 15.9. The summed E-state index contributed by atoms with van der Waals surface area (Å²) in [4.78, 5) is 27.3. The molecule has 2 saturated heterocycles. The van der Waals surface area contributed by atoms with Crippen LogP contribution in [0.4, 0.5) is 0 Å². The van der Waals surface area contributed by atoms with Crippen molar-refractivity contribution in [3.8, 4) is 0 Å². The first-order valence-corrected chi connectivity index (χ1v) is 9.65. The Balaban J connectivity index is 0.00000264. The van der Waals surface area contributed by atoms with Crippen LogP contribution >= 0.6 is 21.3 Å². The molecule has 4 N–H and O–H groups in total. The largest absolute Gasteiger partial charge is 0.492 e. The van der Waals surface area contributed by atoms with Gasteiger partial charge in [-0.05, 0) is 13.1 Å². The Hall–Kier alpha value is 1.90. The van der Waals surface area contributed by atoms with E-state index in [4.69, 9.17) is 11.5 Å². The monoisotopic (exact) mass is 516 g/mol. The summed E-state index contributed by atoms with van der Waals surface area (Å²) in [6.45, 7) is 8.62. The van der Waals surface area contributed by atoms with Gasteiger partial charge >= 0.3 is 0 Å². The molecule has 0 aromatic heterocycles. The molecule has 2 rings (SSSR count). The van der Waals surface area contributed by atoms with Crippen LogP contribution in [0.25, 0.3) is 0 Å². The second-order valence-electron chi connectivity index (χ2n) is 5.23. The summed E-state index contributed by atoms with van der Waals surface area (Å²) < 4.78 is 0. The number of carbonyl (C=O) groups excluding carboxylic acids is 2. The predicted octanol–water partition coefficient (Wildman–Crippen LogP) is -0.261. The van der Waals surface area contributed by atoms with Crippen molar-refractivity contribution in [1.82, 2.24) is 9.80 Å². The van der Waals surface area contributed by atoms with E-state index in [-0.39, 0.29) is 77.2 Å². The first-order chi connectivity index (χ1) is 10.6. The Labute approximate surface area is 203 Å². The molecule has 2 aliphatic rings. The van der Waals surface area contributed by atoms with Crippen LogP contribution in [-0.2, 0) is 75.0 Å². The molecule has 2 aliphatic heterocycles. The molecule has 126 valence electrons. The third kappa shape index (κ3) is 8.28. The number of hydrogen-bond donors (Lipinski definition) is 2. The number of rotatable bonds is 7. The predicted molar refractivity (Wildman–Crippen MR) is 93.1 cm³/mol. The van der Waals surface area contributed by atoms with Crippen LogP contribution in [0, 0.1) is 13.1 Å². The van der Waals surface area contributed by atoms with Gasteiger partial charge < -0.3 is 21.3 Å². The number of likely N-dealkylation sites (tertiary alicyclic amines) is 2. The van der Waals surface area contributed by atoms with Gasteiger partial charge in [0, 0.05) is 65.4 Å². The zero-order valence-electron chi connectivity index (χ0n) is 13.5. The van der Waals surface area contributed by atoms with E-state index < -0.39 is 11.9 Å². The van der Waals surface area contributed by atoms with E-state index in [0.29, 0.717) is 0 Å². The molecule has 0 bridgehead atoms. The first-order valence-electron chi connectivity index (χ1n) is 7.37. The van der Waals surface area contributed by atoms with Crippen LogP contribution in [0.2, 0.25) is 0 Å². The van der Waals surface area contributed by atoms with E-state index in [2.05, 4.69) is 0 Å². The minimum absolute atomic E-state index is 0. The van der Waals surface area contributed by atoms with Gasteiger partial charge in [-0.15, -0.1) is 0 Å². The second kappa shape index (κ2) is 14.0. The molecule has 1 unspecified atom stereocenters. The van der Waals surface area contributed by atoms with Crippen molar-refractivity contribution in [2.24, 2.45) is 11.5 Å². The summed E-state index contributed by atoms with van der Waals surface area (Å²) in [5, 5.41) is 0. The molecule has 2 atom stereocenters. The van der Waals surface area contributed by atoms with Crippen LogP contribution in [0.15, 0.2) is 0 Å². The third-order valence-corrected chi connectivity index (χ3v) is 5.42. The van der Waals surface area contributed by atoms with Gasteiger partial charge in [0.25, 0.3) is 0 Å². The molecular weight excluding hydrogens is 496 g/mol. The minimum Gasteiger partial charge on any atom is -0.492 e. The maximum Gasteiger partial charge on any atom is 0.237 e. The number of nitrogens with zero attached hydrogens (tertiary/aromatic N) is 2. The van der Waals surface area contributed by atoms with Gasteiger partial charge in [-0.1, -0.05) is 12.8 Å². The number of amides is 2. The normalized spacial score (nSPS) is 19.1. The average Bonchev–Trinajstić information content (AvgIpc) is 3.22. The summed E-state index contributed by atoms with van der Waals surface area (Å²) >= 11 is 0. The third-order valence-electron chi connectivity index (χ3n) is 3.50. The van der Waals surface area contributed by atoms with E-state index in [1.165, 1.54) is 21.3 Å². The van der Waals surface area contributed by atoms with Gasteiger partial charge in [-0.3, -0.25) is 9.59 Å². The Morgan fingerprint density at radius 1 is 0.875 bits per heavy atom. The zero-order valence-corrected chi connectivity index (χ0v) is 20.9. The molecule has 2 heterocycles. The van der Waals surface area contributed by atoms with Crippen LogP contribution in [-0.4, -0.2) is 59.7 Å². The van der Waals surface area contributed by atoms with E-state index in [1.54, 1.807) is 22.9 Å². The van der Waals surface area contributed by atoms with Gasteiger partial charge in [-0.2, -0.15) is 34.1 Å². The van der Waals surface area contributed by atoms with Crippen molar-refractivity contribution >= 4 is 46.2 Å². The molecule has 2 fully saturated rings. The van der Waals surface area contributed by atoms with E-state index in [0.717, 1.165) is 38.8 Å². The molecule has 0 spiro atoms. The number of hydrogen-bond acceptors (Lipinski definition) is 6. The molecule has 0 saturated carbocycles. The Bertz CT molecular complexity index is 367. The van der Waals surface area contributed by atoms with E-state index in [9.17, 15) is 9.59 Å². The summed E-state index contributed by atoms with van der Waals surface area (Å²) in [6, 6.07) is 0. The van der Waals surface area contributed by atoms with E-state index >= 15 is 0 Å². The van der Waals surface area contributed by atoms with Gasteiger partial charge in [0.05, 0.1) is 11.9 Å². The van der Waals surface area contributed by atoms with Gasteiger partial charge in [0.2, 0.25) is 24.9 Å². The SMILES string of the molecule is NC([B]SS[B][C@H](N)C(=O)N1[CH-]CCC1)C(=O)N1[CH-]CCC1.[Y].[Y]. The summed E-state index contributed by atoms with van der Waals surface area (Å²) in [6.07, 6.45) is 3.86. The quantitative estimate of drug-likeness (QED) is 0.210. The van der Waals surface area contributed by atoms with Gasteiger partial charge in [-0.25, -0.2) is 13.1 Å². The molecular formula is C12H20B2N4O2S2Y2-2. The van der Waals surface area contributed by atoms with Crippen molar-refractivity contribution in [3.05, 3.63) is 13.1 Å². The molecule has 0 aromatic carbocycles. The van der Waals surface area contributed by atoms with E-state index in [1.807, 2.05) is 13.1 Å².